The van der Waals surface area contributed by atoms with Crippen molar-refractivity contribution in [3.63, 3.8) is 0 Å². The Balaban J connectivity index is 2.59. The molecule has 16 heavy (non-hydrogen) atoms. The molecule has 5 nitrogen and oxygen atoms in total. The van der Waals surface area contributed by atoms with Gasteiger partial charge in [0.2, 0.25) is 5.91 Å². The number of ether oxygens (including phenoxy) is 1. The van der Waals surface area contributed by atoms with Gasteiger partial charge in [-0.2, -0.15) is 0 Å². The van der Waals surface area contributed by atoms with Gasteiger partial charge in [-0.3, -0.25) is 4.79 Å². The molecule has 1 unspecified atom stereocenters. The van der Waals surface area contributed by atoms with E-state index in [0.717, 1.165) is 6.54 Å². The average molecular weight is 230 g/mol. The zero-order valence-electron chi connectivity index (χ0n) is 10.3. The number of aliphatic hydroxyl groups is 1. The van der Waals surface area contributed by atoms with Crippen molar-refractivity contribution in [1.29, 1.82) is 0 Å². The molecule has 1 rings (SSSR count). The smallest absolute Gasteiger partial charge is 0.242 e. The summed E-state index contributed by atoms with van der Waals surface area (Å²) in [6, 6.07) is 0. The van der Waals surface area contributed by atoms with Gasteiger partial charge in [0.1, 0.15) is 0 Å². The molecule has 1 fully saturated rings. The van der Waals surface area contributed by atoms with Crippen LogP contribution in [-0.4, -0.2) is 60.4 Å². The first-order valence-corrected chi connectivity index (χ1v) is 5.78. The molecule has 0 bridgehead atoms. The summed E-state index contributed by atoms with van der Waals surface area (Å²) in [7, 11) is 0. The second-order valence-electron chi connectivity index (χ2n) is 4.58. The maximum Gasteiger partial charge on any atom is 0.242 e. The van der Waals surface area contributed by atoms with Gasteiger partial charge in [-0.15, -0.1) is 0 Å². The maximum absolute atomic E-state index is 12.2. The summed E-state index contributed by atoms with van der Waals surface area (Å²) in [4.78, 5) is 14.0. The molecule has 0 aromatic rings. The summed E-state index contributed by atoms with van der Waals surface area (Å²) >= 11 is 0. The lowest BCUT2D eigenvalue weighted by Gasteiger charge is -2.37. The molecule has 2 N–H and O–H groups in total. The lowest BCUT2D eigenvalue weighted by atomic mass is 10.0. The predicted octanol–water partition coefficient (Wildman–Crippen LogP) is -0.406. The number of carbonyl (C=O) groups is 1. The van der Waals surface area contributed by atoms with Crippen LogP contribution in [0.25, 0.3) is 0 Å². The molecule has 5 heteroatoms. The van der Waals surface area contributed by atoms with E-state index >= 15 is 0 Å². The minimum Gasteiger partial charge on any atom is -0.394 e. The predicted molar refractivity (Wildman–Crippen MR) is 61.2 cm³/mol. The van der Waals surface area contributed by atoms with Gasteiger partial charge in [0.05, 0.1) is 24.9 Å². The number of rotatable bonds is 4. The highest BCUT2D eigenvalue weighted by Crippen LogP contribution is 2.12. The van der Waals surface area contributed by atoms with Crippen LogP contribution in [0.15, 0.2) is 0 Å². The van der Waals surface area contributed by atoms with Crippen LogP contribution in [-0.2, 0) is 9.53 Å². The third-order valence-electron chi connectivity index (χ3n) is 2.78. The zero-order chi connectivity index (χ0) is 12.2. The zero-order valence-corrected chi connectivity index (χ0v) is 10.3. The van der Waals surface area contributed by atoms with Gasteiger partial charge in [-0.05, 0) is 20.4 Å². The van der Waals surface area contributed by atoms with Crippen LogP contribution in [0.1, 0.15) is 20.8 Å². The third kappa shape index (κ3) is 3.17. The summed E-state index contributed by atoms with van der Waals surface area (Å²) in [5, 5.41) is 12.2. The lowest BCUT2D eigenvalue weighted by molar-refractivity contribution is -0.146. The van der Waals surface area contributed by atoms with Gasteiger partial charge in [0.25, 0.3) is 0 Å². The van der Waals surface area contributed by atoms with Gasteiger partial charge in [-0.1, -0.05) is 6.92 Å². The maximum atomic E-state index is 12.2. The van der Waals surface area contributed by atoms with Crippen molar-refractivity contribution in [3.8, 4) is 0 Å². The molecule has 0 radical (unpaired) electrons. The van der Waals surface area contributed by atoms with E-state index < -0.39 is 5.54 Å². The molecule has 1 aliphatic rings. The summed E-state index contributed by atoms with van der Waals surface area (Å²) < 4.78 is 5.32. The van der Waals surface area contributed by atoms with Gasteiger partial charge >= 0.3 is 0 Å². The SMILES string of the molecule is CCNC(C)(C)C(=O)N1CCOC(CO)C1. The first-order chi connectivity index (χ1) is 7.51. The molecule has 1 amide bonds. The van der Waals surface area contributed by atoms with E-state index in [9.17, 15) is 4.79 Å². The van der Waals surface area contributed by atoms with E-state index in [0.29, 0.717) is 19.7 Å². The first-order valence-electron chi connectivity index (χ1n) is 5.78. The lowest BCUT2D eigenvalue weighted by Crippen LogP contribution is -2.58. The molecule has 1 saturated heterocycles. The summed E-state index contributed by atoms with van der Waals surface area (Å²) in [5.74, 6) is 0.0658. The largest absolute Gasteiger partial charge is 0.394 e. The highest BCUT2D eigenvalue weighted by Gasteiger charge is 2.33. The monoisotopic (exact) mass is 230 g/mol. The molecule has 1 heterocycles. The molecule has 94 valence electrons. The molecule has 0 aromatic carbocycles. The third-order valence-corrected chi connectivity index (χ3v) is 2.78. The number of hydrogen-bond acceptors (Lipinski definition) is 4. The number of nitrogens with zero attached hydrogens (tertiary/aromatic N) is 1. The Kier molecular flexibility index (Phi) is 4.70. The fourth-order valence-electron chi connectivity index (χ4n) is 1.93. The highest BCUT2D eigenvalue weighted by molar-refractivity contribution is 5.85. The van der Waals surface area contributed by atoms with E-state index in [4.69, 9.17) is 9.84 Å². The van der Waals surface area contributed by atoms with Gasteiger partial charge in [-0.25, -0.2) is 0 Å². The van der Waals surface area contributed by atoms with Crippen molar-refractivity contribution in [2.75, 3.05) is 32.8 Å². The van der Waals surface area contributed by atoms with Crippen molar-refractivity contribution < 1.29 is 14.6 Å². The van der Waals surface area contributed by atoms with Crippen molar-refractivity contribution in [2.24, 2.45) is 0 Å². The van der Waals surface area contributed by atoms with E-state index in [1.54, 1.807) is 4.90 Å². The van der Waals surface area contributed by atoms with Crippen molar-refractivity contribution in [1.82, 2.24) is 10.2 Å². The van der Waals surface area contributed by atoms with Crippen LogP contribution in [0.5, 0.6) is 0 Å². The Morgan fingerprint density at radius 3 is 2.88 bits per heavy atom. The molecule has 0 saturated carbocycles. The number of amides is 1. The second-order valence-corrected chi connectivity index (χ2v) is 4.58. The van der Waals surface area contributed by atoms with Crippen molar-refractivity contribution >= 4 is 5.91 Å². The van der Waals surface area contributed by atoms with E-state index in [2.05, 4.69) is 5.32 Å². The van der Waals surface area contributed by atoms with E-state index in [1.165, 1.54) is 0 Å². The quantitative estimate of drug-likeness (QED) is 0.689. The van der Waals surface area contributed by atoms with E-state index in [1.807, 2.05) is 20.8 Å². The standard InChI is InChI=1S/C11H22N2O3/c1-4-12-11(2,3)10(15)13-5-6-16-9(7-13)8-14/h9,12,14H,4-8H2,1-3H3. The van der Waals surface area contributed by atoms with Crippen LogP contribution >= 0.6 is 0 Å². The summed E-state index contributed by atoms with van der Waals surface area (Å²) in [6.45, 7) is 8.03. The van der Waals surface area contributed by atoms with E-state index in [-0.39, 0.29) is 18.6 Å². The molecule has 1 aliphatic heterocycles. The number of hydrogen-bond donors (Lipinski definition) is 2. The Morgan fingerprint density at radius 2 is 2.31 bits per heavy atom. The molecular formula is C11H22N2O3. The Morgan fingerprint density at radius 1 is 1.62 bits per heavy atom. The van der Waals surface area contributed by atoms with Crippen LogP contribution < -0.4 is 5.32 Å². The van der Waals surface area contributed by atoms with Crippen LogP contribution in [0.2, 0.25) is 0 Å². The van der Waals surface area contributed by atoms with Crippen LogP contribution in [0.4, 0.5) is 0 Å². The molecule has 0 aliphatic carbocycles. The summed E-state index contributed by atoms with van der Waals surface area (Å²) in [5.41, 5.74) is -0.550. The number of likely N-dealkylation sites (N-methyl/N-ethyl adjacent to an activating group) is 1. The molecule has 0 aromatic heterocycles. The minimum absolute atomic E-state index is 0.0363. The first kappa shape index (κ1) is 13.4. The molecule has 0 spiro atoms. The van der Waals surface area contributed by atoms with Crippen molar-refractivity contribution in [3.05, 3.63) is 0 Å². The average Bonchev–Trinajstić information content (AvgIpc) is 2.28. The van der Waals surface area contributed by atoms with Crippen LogP contribution in [0, 0.1) is 0 Å². The minimum atomic E-state index is -0.550. The van der Waals surface area contributed by atoms with Gasteiger partial charge < -0.3 is 20.1 Å². The fourth-order valence-corrected chi connectivity index (χ4v) is 1.93. The summed E-state index contributed by atoms with van der Waals surface area (Å²) in [6.07, 6.45) is -0.241. The van der Waals surface area contributed by atoms with Gasteiger partial charge in [0, 0.05) is 13.1 Å². The Labute approximate surface area is 96.8 Å². The normalized spacial score (nSPS) is 22.2. The Hall–Kier alpha value is -0.650. The molecule has 1 atom stereocenters. The molecular weight excluding hydrogens is 208 g/mol. The van der Waals surface area contributed by atoms with Crippen molar-refractivity contribution in [2.45, 2.75) is 32.4 Å². The topological polar surface area (TPSA) is 61.8 Å². The number of aliphatic hydroxyl groups excluding tert-OH is 1. The fraction of sp³-hybridized carbons (Fsp3) is 0.909. The number of carbonyl (C=O) groups excluding carboxylic acids is 1. The van der Waals surface area contributed by atoms with Gasteiger partial charge in [0.15, 0.2) is 0 Å². The number of nitrogens with one attached hydrogen (secondary N) is 1. The number of morpholine rings is 1. The second kappa shape index (κ2) is 5.61. The highest BCUT2D eigenvalue weighted by atomic mass is 16.5. The van der Waals surface area contributed by atoms with Crippen LogP contribution in [0.3, 0.4) is 0 Å². The Bertz CT molecular complexity index is 243.